The van der Waals surface area contributed by atoms with Crippen molar-refractivity contribution in [3.8, 4) is 0 Å². The standard InChI is InChI=1S/C20H28BClFNO4/c1-18(2,3)26-17(25)24-12-14(10-13-11-15(22)8-9-16(13)23)21-27-19(4,5)20(6,7)28-21/h8-11H,12H2,1-7H3,(H,24,25). The fraction of sp³-hybridized carbons (Fsp3) is 0.550. The van der Waals surface area contributed by atoms with Gasteiger partial charge in [-0.05, 0) is 72.1 Å². The lowest BCUT2D eigenvalue weighted by atomic mass is 9.77. The molecule has 1 aromatic rings. The summed E-state index contributed by atoms with van der Waals surface area (Å²) in [7, 11) is -0.752. The topological polar surface area (TPSA) is 56.8 Å². The van der Waals surface area contributed by atoms with Gasteiger partial charge in [-0.2, -0.15) is 0 Å². The van der Waals surface area contributed by atoms with Crippen LogP contribution in [0.25, 0.3) is 6.08 Å². The van der Waals surface area contributed by atoms with E-state index >= 15 is 0 Å². The Kier molecular flexibility index (Phi) is 6.53. The van der Waals surface area contributed by atoms with Gasteiger partial charge in [-0.1, -0.05) is 17.7 Å². The highest BCUT2D eigenvalue weighted by atomic mass is 35.5. The summed E-state index contributed by atoms with van der Waals surface area (Å²) in [4.78, 5) is 12.1. The Morgan fingerprint density at radius 1 is 1.25 bits per heavy atom. The van der Waals surface area contributed by atoms with Gasteiger partial charge in [-0.15, -0.1) is 0 Å². The lowest BCUT2D eigenvalue weighted by Crippen LogP contribution is -2.41. The fourth-order valence-electron chi connectivity index (χ4n) is 2.51. The number of halogens is 2. The molecule has 28 heavy (non-hydrogen) atoms. The Morgan fingerprint density at radius 3 is 2.36 bits per heavy atom. The Balaban J connectivity index is 2.30. The normalized spacial score (nSPS) is 18.9. The van der Waals surface area contributed by atoms with E-state index in [1.165, 1.54) is 18.2 Å². The third kappa shape index (κ3) is 5.72. The molecule has 0 radical (unpaired) electrons. The quantitative estimate of drug-likeness (QED) is 0.707. The van der Waals surface area contributed by atoms with Crippen LogP contribution in [-0.4, -0.2) is 36.6 Å². The first kappa shape index (κ1) is 22.7. The van der Waals surface area contributed by atoms with Crippen molar-refractivity contribution in [1.82, 2.24) is 5.32 Å². The predicted molar refractivity (Wildman–Crippen MR) is 110 cm³/mol. The summed E-state index contributed by atoms with van der Waals surface area (Å²) < 4.78 is 31.6. The highest BCUT2D eigenvalue weighted by molar-refractivity contribution is 6.56. The highest BCUT2D eigenvalue weighted by Crippen LogP contribution is 2.39. The number of hydrogen-bond acceptors (Lipinski definition) is 4. The van der Waals surface area contributed by atoms with Gasteiger partial charge >= 0.3 is 13.2 Å². The van der Waals surface area contributed by atoms with E-state index in [2.05, 4.69) is 5.32 Å². The molecule has 0 spiro atoms. The lowest BCUT2D eigenvalue weighted by molar-refractivity contribution is 0.00578. The van der Waals surface area contributed by atoms with E-state index in [0.717, 1.165) is 0 Å². The van der Waals surface area contributed by atoms with Gasteiger partial charge in [0.15, 0.2) is 0 Å². The van der Waals surface area contributed by atoms with Crippen LogP contribution in [0.1, 0.15) is 54.0 Å². The minimum Gasteiger partial charge on any atom is -0.444 e. The zero-order chi connectivity index (χ0) is 21.3. The Bertz CT molecular complexity index is 758. The molecule has 154 valence electrons. The molecule has 1 aliphatic rings. The molecule has 1 heterocycles. The van der Waals surface area contributed by atoms with Gasteiger partial charge in [0.2, 0.25) is 0 Å². The number of nitrogens with one attached hydrogen (secondary N) is 1. The van der Waals surface area contributed by atoms with Crippen LogP contribution in [0.3, 0.4) is 0 Å². The van der Waals surface area contributed by atoms with E-state index in [-0.39, 0.29) is 12.1 Å². The van der Waals surface area contributed by atoms with Crippen LogP contribution >= 0.6 is 11.6 Å². The second-order valence-electron chi connectivity index (χ2n) is 8.83. The molecule has 0 atom stereocenters. The fourth-order valence-corrected chi connectivity index (χ4v) is 2.69. The SMILES string of the molecule is CC(C)(C)OC(=O)NCC(=Cc1cc(Cl)ccc1F)B1OC(C)(C)C(C)(C)O1. The monoisotopic (exact) mass is 411 g/mol. The Labute approximate surface area is 171 Å². The average molecular weight is 412 g/mol. The maximum Gasteiger partial charge on any atom is 0.492 e. The zero-order valence-corrected chi connectivity index (χ0v) is 18.2. The first-order chi connectivity index (χ1) is 12.7. The minimum atomic E-state index is -0.752. The van der Waals surface area contributed by atoms with Crippen LogP contribution < -0.4 is 5.32 Å². The van der Waals surface area contributed by atoms with Gasteiger partial charge in [0, 0.05) is 17.1 Å². The Hall–Kier alpha value is -1.57. The van der Waals surface area contributed by atoms with Crippen LogP contribution in [0, 0.1) is 5.82 Å². The number of amides is 1. The molecular weight excluding hydrogens is 383 g/mol. The highest BCUT2D eigenvalue weighted by Gasteiger charge is 2.52. The van der Waals surface area contributed by atoms with Crippen molar-refractivity contribution in [1.29, 1.82) is 0 Å². The number of ether oxygens (including phenoxy) is 1. The Morgan fingerprint density at radius 2 is 1.82 bits per heavy atom. The largest absolute Gasteiger partial charge is 0.492 e. The summed E-state index contributed by atoms with van der Waals surface area (Å²) in [5, 5.41) is 3.08. The second-order valence-corrected chi connectivity index (χ2v) is 9.27. The number of carbonyl (C=O) groups is 1. The summed E-state index contributed by atoms with van der Waals surface area (Å²) >= 11 is 6.00. The van der Waals surface area contributed by atoms with Crippen molar-refractivity contribution in [2.45, 2.75) is 65.3 Å². The number of rotatable bonds is 4. The lowest BCUT2D eigenvalue weighted by Gasteiger charge is -2.32. The summed E-state index contributed by atoms with van der Waals surface area (Å²) in [6.45, 7) is 13.1. The van der Waals surface area contributed by atoms with Gasteiger partial charge in [0.05, 0.1) is 11.2 Å². The maximum absolute atomic E-state index is 14.2. The van der Waals surface area contributed by atoms with Gasteiger partial charge in [0.1, 0.15) is 11.4 Å². The third-order valence-electron chi connectivity index (χ3n) is 4.69. The molecule has 0 bridgehead atoms. The van der Waals surface area contributed by atoms with Crippen molar-refractivity contribution in [3.05, 3.63) is 40.1 Å². The van der Waals surface area contributed by atoms with Crippen molar-refractivity contribution < 1.29 is 23.2 Å². The second kappa shape index (κ2) is 8.05. The molecule has 0 saturated carbocycles. The maximum atomic E-state index is 14.2. The van der Waals surface area contributed by atoms with E-state index in [9.17, 15) is 9.18 Å². The van der Waals surface area contributed by atoms with E-state index in [0.29, 0.717) is 10.5 Å². The van der Waals surface area contributed by atoms with Gasteiger partial charge in [0.25, 0.3) is 0 Å². The summed E-state index contributed by atoms with van der Waals surface area (Å²) in [6, 6.07) is 4.27. The first-order valence-electron chi connectivity index (χ1n) is 9.18. The zero-order valence-electron chi connectivity index (χ0n) is 17.5. The third-order valence-corrected chi connectivity index (χ3v) is 4.93. The summed E-state index contributed by atoms with van der Waals surface area (Å²) in [6.07, 6.45) is 1.00. The van der Waals surface area contributed by atoms with Gasteiger partial charge in [-0.3, -0.25) is 0 Å². The molecule has 0 unspecified atom stereocenters. The first-order valence-corrected chi connectivity index (χ1v) is 9.56. The average Bonchev–Trinajstić information content (AvgIpc) is 2.73. The van der Waals surface area contributed by atoms with Crippen molar-refractivity contribution in [3.63, 3.8) is 0 Å². The molecule has 1 aromatic carbocycles. The smallest absolute Gasteiger partial charge is 0.444 e. The molecule has 1 N–H and O–H groups in total. The number of hydrogen-bond donors (Lipinski definition) is 1. The van der Waals surface area contributed by atoms with Gasteiger partial charge in [-0.25, -0.2) is 9.18 Å². The molecule has 1 fully saturated rings. The van der Waals surface area contributed by atoms with Crippen molar-refractivity contribution in [2.24, 2.45) is 0 Å². The van der Waals surface area contributed by atoms with E-state index in [4.69, 9.17) is 25.6 Å². The minimum absolute atomic E-state index is 0.0672. The molecule has 1 aliphatic heterocycles. The van der Waals surface area contributed by atoms with Crippen LogP contribution in [-0.2, 0) is 14.0 Å². The van der Waals surface area contributed by atoms with E-state index < -0.39 is 35.8 Å². The summed E-state index contributed by atoms with van der Waals surface area (Å²) in [5.74, 6) is -0.435. The molecule has 0 aliphatic carbocycles. The molecule has 8 heteroatoms. The molecular formula is C20H28BClFNO4. The van der Waals surface area contributed by atoms with Gasteiger partial charge < -0.3 is 19.4 Å². The number of carbonyl (C=O) groups excluding carboxylic acids is 1. The van der Waals surface area contributed by atoms with Crippen LogP contribution in [0.4, 0.5) is 9.18 Å². The summed E-state index contributed by atoms with van der Waals surface area (Å²) in [5.41, 5.74) is -0.948. The predicted octanol–water partition coefficient (Wildman–Crippen LogP) is 5.02. The number of alkyl carbamates (subject to hydrolysis) is 1. The molecule has 1 saturated heterocycles. The number of benzene rings is 1. The van der Waals surface area contributed by atoms with E-state index in [1.54, 1.807) is 26.8 Å². The molecule has 0 aromatic heterocycles. The van der Waals surface area contributed by atoms with Crippen molar-refractivity contribution >= 4 is 30.9 Å². The molecule has 2 rings (SSSR count). The molecule has 5 nitrogen and oxygen atoms in total. The van der Waals surface area contributed by atoms with Crippen LogP contribution in [0.15, 0.2) is 23.7 Å². The van der Waals surface area contributed by atoms with Crippen molar-refractivity contribution in [2.75, 3.05) is 6.54 Å². The van der Waals surface area contributed by atoms with Crippen LogP contribution in [0.2, 0.25) is 5.02 Å². The van der Waals surface area contributed by atoms with Crippen LogP contribution in [0.5, 0.6) is 0 Å². The van der Waals surface area contributed by atoms with E-state index in [1.807, 2.05) is 27.7 Å². The molecule has 1 amide bonds.